The molecular weight excluding hydrogens is 287 g/mol. The summed E-state index contributed by atoms with van der Waals surface area (Å²) in [6, 6.07) is 0. The van der Waals surface area contributed by atoms with E-state index in [0.717, 1.165) is 2.70 Å². The Balaban J connectivity index is 2.32. The van der Waals surface area contributed by atoms with Gasteiger partial charge in [0.05, 0.1) is 12.7 Å². The molecule has 0 radical (unpaired) electrons. The van der Waals surface area contributed by atoms with E-state index in [1.807, 2.05) is 0 Å². The van der Waals surface area contributed by atoms with Crippen LogP contribution in [-0.4, -0.2) is 27.4 Å². The third-order valence-corrected chi connectivity index (χ3v) is 4.72. The Morgan fingerprint density at radius 2 is 2.07 bits per heavy atom. The zero-order valence-corrected chi connectivity index (χ0v) is 11.7. The van der Waals surface area contributed by atoms with Crippen molar-refractivity contribution in [1.82, 2.24) is 4.90 Å². The lowest BCUT2D eigenvalue weighted by Crippen LogP contribution is -2.43. The normalized spacial score (nSPS) is 31.4. The number of hydrogen-bond acceptors (Lipinski definition) is 1. The molecule has 3 heteroatoms. The lowest BCUT2D eigenvalue weighted by atomic mass is 10.2. The highest BCUT2D eigenvalue weighted by Crippen LogP contribution is 2.30. The Kier molecular flexibility index (Phi) is 4.70. The fraction of sp³-hybridized carbons (Fsp3) is 0.818. The van der Waals surface area contributed by atoms with E-state index >= 15 is 0 Å². The van der Waals surface area contributed by atoms with Crippen LogP contribution < -0.4 is 0 Å². The quantitative estimate of drug-likeness (QED) is 0.427. The summed E-state index contributed by atoms with van der Waals surface area (Å²) < 4.78 is 1.05. The van der Waals surface area contributed by atoms with Gasteiger partial charge in [-0.05, 0) is 12.8 Å². The maximum atomic E-state index is 2.57. The smallest absolute Gasteiger partial charge is 0.256 e. The largest absolute Gasteiger partial charge is 0.327 e. The number of hydrogen-bond donors (Lipinski definition) is 0. The van der Waals surface area contributed by atoms with Crippen LogP contribution in [-0.2, 0) is 0 Å². The molecular formula is C11H22IN2+. The van der Waals surface area contributed by atoms with Crippen molar-refractivity contribution in [2.24, 2.45) is 0 Å². The Labute approximate surface area is 102 Å². The molecule has 0 saturated heterocycles. The van der Waals surface area contributed by atoms with Gasteiger partial charge in [-0.25, -0.2) is 2.70 Å². The van der Waals surface area contributed by atoms with Crippen molar-refractivity contribution in [3.8, 4) is 0 Å². The standard InChI is InChI=1S/C11H22IN2/c1-4-5-6-7-9-14(12)10-8-13(3)11(14)2/h8,10-11H,4-7,9H2,1-3H3/q+1. The van der Waals surface area contributed by atoms with E-state index in [1.165, 1.54) is 32.2 Å². The summed E-state index contributed by atoms with van der Waals surface area (Å²) in [5, 5.41) is 0. The predicted molar refractivity (Wildman–Crippen MR) is 69.7 cm³/mol. The second kappa shape index (κ2) is 5.35. The minimum Gasteiger partial charge on any atom is -0.327 e. The summed E-state index contributed by atoms with van der Waals surface area (Å²) in [6.07, 6.45) is 10.5. The zero-order chi connectivity index (χ0) is 10.6. The maximum absolute atomic E-state index is 2.57. The summed E-state index contributed by atoms with van der Waals surface area (Å²) in [7, 11) is 2.16. The van der Waals surface area contributed by atoms with Crippen molar-refractivity contribution in [2.45, 2.75) is 45.7 Å². The van der Waals surface area contributed by atoms with Crippen LogP contribution in [0.4, 0.5) is 0 Å². The molecule has 1 heterocycles. The molecule has 1 aliphatic rings. The number of halogens is 1. The van der Waals surface area contributed by atoms with Crippen molar-refractivity contribution in [3.05, 3.63) is 12.4 Å². The Hall–Kier alpha value is 0.230. The van der Waals surface area contributed by atoms with Crippen molar-refractivity contribution in [1.29, 1.82) is 0 Å². The topological polar surface area (TPSA) is 3.24 Å². The third kappa shape index (κ3) is 2.86. The molecule has 14 heavy (non-hydrogen) atoms. The van der Waals surface area contributed by atoms with Gasteiger partial charge < -0.3 is 4.90 Å². The molecule has 0 aliphatic carbocycles. The summed E-state index contributed by atoms with van der Waals surface area (Å²) in [5.74, 6) is 0. The summed E-state index contributed by atoms with van der Waals surface area (Å²) in [6.45, 7) is 5.83. The van der Waals surface area contributed by atoms with Gasteiger partial charge in [0.1, 0.15) is 6.20 Å². The van der Waals surface area contributed by atoms with Crippen molar-refractivity contribution >= 4 is 22.9 Å². The lowest BCUT2D eigenvalue weighted by molar-refractivity contribution is -0.730. The number of nitrogens with zero attached hydrogens (tertiary/aromatic N) is 2. The first-order valence-electron chi connectivity index (χ1n) is 5.58. The van der Waals surface area contributed by atoms with E-state index in [1.54, 1.807) is 0 Å². The molecule has 0 bridgehead atoms. The number of unbranched alkanes of at least 4 members (excludes halogenated alkanes) is 3. The highest BCUT2D eigenvalue weighted by Gasteiger charge is 2.36. The molecule has 0 saturated carbocycles. The first-order chi connectivity index (χ1) is 6.60. The molecule has 0 aromatic carbocycles. The van der Waals surface area contributed by atoms with Crippen LogP contribution in [0.5, 0.6) is 0 Å². The molecule has 2 nitrogen and oxygen atoms in total. The number of rotatable bonds is 5. The summed E-state index contributed by atoms with van der Waals surface area (Å²) >= 11 is 2.57. The molecule has 2 atom stereocenters. The average molecular weight is 309 g/mol. The minimum absolute atomic E-state index is 0.595. The lowest BCUT2D eigenvalue weighted by Gasteiger charge is -2.31. The molecule has 0 aromatic rings. The molecule has 0 spiro atoms. The zero-order valence-electron chi connectivity index (χ0n) is 9.54. The highest BCUT2D eigenvalue weighted by molar-refractivity contribution is 14.1. The van der Waals surface area contributed by atoms with Crippen LogP contribution in [0.2, 0.25) is 0 Å². The van der Waals surface area contributed by atoms with Crippen LogP contribution in [0, 0.1) is 0 Å². The summed E-state index contributed by atoms with van der Waals surface area (Å²) in [4.78, 5) is 2.30. The fourth-order valence-electron chi connectivity index (χ4n) is 1.81. The SMILES string of the molecule is CCCCCC[N+]1(I)C=CN(C)C1C. The van der Waals surface area contributed by atoms with E-state index in [-0.39, 0.29) is 0 Å². The summed E-state index contributed by atoms with van der Waals surface area (Å²) in [5.41, 5.74) is 0. The Bertz CT molecular complexity index is 205. The monoisotopic (exact) mass is 309 g/mol. The van der Waals surface area contributed by atoms with E-state index in [0.29, 0.717) is 6.17 Å². The van der Waals surface area contributed by atoms with Crippen molar-refractivity contribution in [3.63, 3.8) is 0 Å². The van der Waals surface area contributed by atoms with Gasteiger partial charge >= 0.3 is 0 Å². The van der Waals surface area contributed by atoms with E-state index in [4.69, 9.17) is 0 Å². The molecule has 0 N–H and O–H groups in total. The molecule has 1 aliphatic heterocycles. The molecule has 82 valence electrons. The Morgan fingerprint density at radius 1 is 1.36 bits per heavy atom. The fourth-order valence-corrected chi connectivity index (χ4v) is 2.69. The van der Waals surface area contributed by atoms with Gasteiger partial charge in [-0.1, -0.05) is 19.8 Å². The van der Waals surface area contributed by atoms with E-state index in [9.17, 15) is 0 Å². The number of quaternary nitrogens is 1. The molecule has 2 unspecified atom stereocenters. The predicted octanol–water partition coefficient (Wildman–Crippen LogP) is 3.50. The van der Waals surface area contributed by atoms with Crippen molar-refractivity contribution in [2.75, 3.05) is 13.6 Å². The van der Waals surface area contributed by atoms with Gasteiger partial charge in [0.2, 0.25) is 0 Å². The van der Waals surface area contributed by atoms with Gasteiger partial charge in [0.15, 0.2) is 6.17 Å². The van der Waals surface area contributed by atoms with Gasteiger partial charge in [-0.15, -0.1) is 0 Å². The second-order valence-electron chi connectivity index (χ2n) is 4.21. The minimum atomic E-state index is 0.595. The average Bonchev–Trinajstić information content (AvgIpc) is 2.42. The van der Waals surface area contributed by atoms with Crippen LogP contribution in [0.25, 0.3) is 0 Å². The Morgan fingerprint density at radius 3 is 2.57 bits per heavy atom. The first kappa shape index (κ1) is 12.3. The second-order valence-corrected chi connectivity index (χ2v) is 6.01. The van der Waals surface area contributed by atoms with Gasteiger partial charge in [-0.3, -0.25) is 0 Å². The third-order valence-electron chi connectivity index (χ3n) is 3.11. The maximum Gasteiger partial charge on any atom is 0.256 e. The van der Waals surface area contributed by atoms with Gasteiger partial charge in [0, 0.05) is 14.0 Å². The van der Waals surface area contributed by atoms with Gasteiger partial charge in [-0.2, -0.15) is 0 Å². The molecule has 1 rings (SSSR count). The van der Waals surface area contributed by atoms with Crippen LogP contribution >= 0.6 is 22.9 Å². The first-order valence-corrected chi connectivity index (χ1v) is 6.55. The molecule has 0 fully saturated rings. The van der Waals surface area contributed by atoms with E-state index < -0.39 is 0 Å². The van der Waals surface area contributed by atoms with Crippen molar-refractivity contribution < 1.29 is 2.70 Å². The molecule has 0 amide bonds. The van der Waals surface area contributed by atoms with E-state index in [2.05, 4.69) is 61.1 Å². The molecule has 0 aromatic heterocycles. The van der Waals surface area contributed by atoms with Crippen LogP contribution in [0.1, 0.15) is 39.5 Å². The highest BCUT2D eigenvalue weighted by atomic mass is 127. The van der Waals surface area contributed by atoms with Crippen LogP contribution in [0.15, 0.2) is 12.4 Å². The van der Waals surface area contributed by atoms with Crippen LogP contribution in [0.3, 0.4) is 0 Å². The van der Waals surface area contributed by atoms with Gasteiger partial charge in [0.25, 0.3) is 22.9 Å².